The van der Waals surface area contributed by atoms with Crippen molar-refractivity contribution in [3.05, 3.63) is 28.2 Å². The molecule has 0 saturated heterocycles. The number of methoxy groups -OCH3 is 1. The summed E-state index contributed by atoms with van der Waals surface area (Å²) in [5.41, 5.74) is 1.13. The second-order valence-corrected chi connectivity index (χ2v) is 7.67. The summed E-state index contributed by atoms with van der Waals surface area (Å²) in [5.74, 6) is 1.02. The standard InChI is InChI=1S/C13H20BrNO3S/c1-10(15-7-4-8-19(3,16)17)11-5-6-13(18-2)12(14)9-11/h5-6,9-10,15H,4,7-8H2,1-3H3. The zero-order chi connectivity index (χ0) is 14.5. The van der Waals surface area contributed by atoms with E-state index in [0.717, 1.165) is 15.8 Å². The van der Waals surface area contributed by atoms with Gasteiger partial charge in [0.25, 0.3) is 0 Å². The lowest BCUT2D eigenvalue weighted by Crippen LogP contribution is -2.21. The molecule has 0 aliphatic carbocycles. The SMILES string of the molecule is COc1ccc(C(C)NCCCS(C)(=O)=O)cc1Br. The van der Waals surface area contributed by atoms with Gasteiger partial charge in [-0.3, -0.25) is 0 Å². The molecule has 19 heavy (non-hydrogen) atoms. The van der Waals surface area contributed by atoms with Crippen LogP contribution in [-0.2, 0) is 9.84 Å². The van der Waals surface area contributed by atoms with Crippen LogP contribution < -0.4 is 10.1 Å². The molecule has 0 aliphatic rings. The van der Waals surface area contributed by atoms with Gasteiger partial charge in [0.2, 0.25) is 0 Å². The minimum atomic E-state index is -2.87. The number of rotatable bonds is 7. The number of halogens is 1. The van der Waals surface area contributed by atoms with E-state index in [1.165, 1.54) is 6.26 Å². The van der Waals surface area contributed by atoms with Gasteiger partial charge >= 0.3 is 0 Å². The maximum Gasteiger partial charge on any atom is 0.147 e. The Morgan fingerprint density at radius 3 is 2.63 bits per heavy atom. The summed E-state index contributed by atoms with van der Waals surface area (Å²) >= 11 is 3.45. The van der Waals surface area contributed by atoms with Gasteiger partial charge in [0.1, 0.15) is 15.6 Å². The van der Waals surface area contributed by atoms with Crippen LogP contribution in [0.1, 0.15) is 24.9 Å². The lowest BCUT2D eigenvalue weighted by Gasteiger charge is -2.15. The van der Waals surface area contributed by atoms with Gasteiger partial charge < -0.3 is 10.1 Å². The molecule has 0 heterocycles. The summed E-state index contributed by atoms with van der Waals surface area (Å²) in [6.07, 6.45) is 1.89. The van der Waals surface area contributed by atoms with Crippen molar-refractivity contribution in [2.24, 2.45) is 0 Å². The summed E-state index contributed by atoms with van der Waals surface area (Å²) in [4.78, 5) is 0. The first kappa shape index (κ1) is 16.5. The minimum Gasteiger partial charge on any atom is -0.496 e. The second kappa shape index (κ2) is 7.26. The average Bonchev–Trinajstić information content (AvgIpc) is 2.33. The van der Waals surface area contributed by atoms with Crippen molar-refractivity contribution in [2.75, 3.05) is 25.7 Å². The van der Waals surface area contributed by atoms with Crippen molar-refractivity contribution in [2.45, 2.75) is 19.4 Å². The van der Waals surface area contributed by atoms with E-state index in [9.17, 15) is 8.42 Å². The summed E-state index contributed by atoms with van der Waals surface area (Å²) in [6.45, 7) is 2.73. The molecule has 1 aromatic rings. The van der Waals surface area contributed by atoms with Crippen molar-refractivity contribution >= 4 is 25.8 Å². The Hall–Kier alpha value is -0.590. The number of hydrogen-bond donors (Lipinski definition) is 1. The number of benzene rings is 1. The quantitative estimate of drug-likeness (QED) is 0.768. The monoisotopic (exact) mass is 349 g/mol. The van der Waals surface area contributed by atoms with Crippen LogP contribution in [0.4, 0.5) is 0 Å². The van der Waals surface area contributed by atoms with Crippen molar-refractivity contribution in [1.82, 2.24) is 5.32 Å². The van der Waals surface area contributed by atoms with Gasteiger partial charge in [-0.05, 0) is 53.5 Å². The van der Waals surface area contributed by atoms with Crippen LogP contribution in [0.2, 0.25) is 0 Å². The van der Waals surface area contributed by atoms with Crippen LogP contribution in [0.5, 0.6) is 5.75 Å². The third-order valence-electron chi connectivity index (χ3n) is 2.82. The summed E-state index contributed by atoms with van der Waals surface area (Å²) in [7, 11) is -1.23. The van der Waals surface area contributed by atoms with Gasteiger partial charge in [-0.15, -0.1) is 0 Å². The van der Waals surface area contributed by atoms with Gasteiger partial charge in [-0.1, -0.05) is 6.07 Å². The van der Waals surface area contributed by atoms with Crippen LogP contribution in [0.15, 0.2) is 22.7 Å². The maximum atomic E-state index is 11.0. The Bertz CT molecular complexity index is 517. The molecule has 0 aliphatic heterocycles. The number of hydrogen-bond acceptors (Lipinski definition) is 4. The molecule has 0 spiro atoms. The fraction of sp³-hybridized carbons (Fsp3) is 0.538. The van der Waals surface area contributed by atoms with Gasteiger partial charge in [-0.2, -0.15) is 0 Å². The van der Waals surface area contributed by atoms with E-state index in [0.29, 0.717) is 13.0 Å². The molecule has 1 rings (SSSR count). The molecule has 108 valence electrons. The number of sulfone groups is 1. The first-order valence-corrected chi connectivity index (χ1v) is 8.93. The molecule has 6 heteroatoms. The molecule has 0 aromatic heterocycles. The third-order valence-corrected chi connectivity index (χ3v) is 4.47. The van der Waals surface area contributed by atoms with E-state index >= 15 is 0 Å². The van der Waals surface area contributed by atoms with Crippen LogP contribution in [0.25, 0.3) is 0 Å². The van der Waals surface area contributed by atoms with Crippen molar-refractivity contribution in [1.29, 1.82) is 0 Å². The van der Waals surface area contributed by atoms with E-state index in [4.69, 9.17) is 4.74 Å². The van der Waals surface area contributed by atoms with E-state index in [1.807, 2.05) is 18.2 Å². The number of nitrogens with one attached hydrogen (secondary N) is 1. The van der Waals surface area contributed by atoms with Crippen molar-refractivity contribution in [3.8, 4) is 5.75 Å². The van der Waals surface area contributed by atoms with Crippen LogP contribution in [0, 0.1) is 0 Å². The lowest BCUT2D eigenvalue weighted by atomic mass is 10.1. The molecule has 0 amide bonds. The molecule has 4 nitrogen and oxygen atoms in total. The minimum absolute atomic E-state index is 0.168. The lowest BCUT2D eigenvalue weighted by molar-refractivity contribution is 0.411. The van der Waals surface area contributed by atoms with E-state index < -0.39 is 9.84 Å². The van der Waals surface area contributed by atoms with Gasteiger partial charge in [0.15, 0.2) is 0 Å². The molecule has 0 saturated carbocycles. The van der Waals surface area contributed by atoms with Crippen LogP contribution in [-0.4, -0.2) is 34.1 Å². The third kappa shape index (κ3) is 5.93. The Kier molecular flexibility index (Phi) is 6.29. The Morgan fingerprint density at radius 2 is 2.11 bits per heavy atom. The molecule has 0 radical (unpaired) electrons. The van der Waals surface area contributed by atoms with Crippen LogP contribution >= 0.6 is 15.9 Å². The predicted molar refractivity (Wildman–Crippen MR) is 81.4 cm³/mol. The molecular weight excluding hydrogens is 330 g/mol. The smallest absolute Gasteiger partial charge is 0.147 e. The van der Waals surface area contributed by atoms with Gasteiger partial charge in [0.05, 0.1) is 17.3 Å². The van der Waals surface area contributed by atoms with E-state index in [1.54, 1.807) is 7.11 Å². The van der Waals surface area contributed by atoms with E-state index in [-0.39, 0.29) is 11.8 Å². The molecule has 1 N–H and O–H groups in total. The molecular formula is C13H20BrNO3S. The van der Waals surface area contributed by atoms with Gasteiger partial charge in [0, 0.05) is 12.3 Å². The highest BCUT2D eigenvalue weighted by Crippen LogP contribution is 2.27. The Balaban J connectivity index is 2.49. The first-order valence-electron chi connectivity index (χ1n) is 6.08. The molecule has 1 aromatic carbocycles. The molecule has 0 fully saturated rings. The zero-order valence-electron chi connectivity index (χ0n) is 11.4. The topological polar surface area (TPSA) is 55.4 Å². The summed E-state index contributed by atoms with van der Waals surface area (Å²) in [5, 5.41) is 3.31. The highest BCUT2D eigenvalue weighted by Gasteiger charge is 2.08. The first-order chi connectivity index (χ1) is 8.83. The summed E-state index contributed by atoms with van der Waals surface area (Å²) in [6, 6.07) is 6.08. The average molecular weight is 350 g/mol. The van der Waals surface area contributed by atoms with Crippen molar-refractivity contribution in [3.63, 3.8) is 0 Å². The second-order valence-electron chi connectivity index (χ2n) is 4.55. The van der Waals surface area contributed by atoms with Gasteiger partial charge in [-0.25, -0.2) is 8.42 Å². The predicted octanol–water partition coefficient (Wildman–Crippen LogP) is 2.54. The van der Waals surface area contributed by atoms with E-state index in [2.05, 4.69) is 28.2 Å². The largest absolute Gasteiger partial charge is 0.496 e. The fourth-order valence-corrected chi connectivity index (χ4v) is 2.95. The molecule has 1 atom stereocenters. The zero-order valence-corrected chi connectivity index (χ0v) is 13.8. The highest BCUT2D eigenvalue weighted by molar-refractivity contribution is 9.10. The molecule has 1 unspecified atom stereocenters. The normalized spacial score (nSPS) is 13.3. The summed E-state index contributed by atoms with van der Waals surface area (Å²) < 4.78 is 28.1. The fourth-order valence-electron chi connectivity index (χ4n) is 1.72. The maximum absolute atomic E-state index is 11.0. The number of ether oxygens (including phenoxy) is 1. The Morgan fingerprint density at radius 1 is 1.42 bits per heavy atom. The van der Waals surface area contributed by atoms with Crippen LogP contribution in [0.3, 0.4) is 0 Å². The Labute approximate surface area is 123 Å². The highest BCUT2D eigenvalue weighted by atomic mass is 79.9. The van der Waals surface area contributed by atoms with Crippen molar-refractivity contribution < 1.29 is 13.2 Å². The molecule has 0 bridgehead atoms.